The lowest BCUT2D eigenvalue weighted by Crippen LogP contribution is -2.49. The van der Waals surface area contributed by atoms with Gasteiger partial charge in [0.15, 0.2) is 0 Å². The number of benzene rings is 8. The van der Waals surface area contributed by atoms with E-state index in [2.05, 4.69) is 49.6 Å². The third kappa shape index (κ3) is 24.0. The van der Waals surface area contributed by atoms with Crippen LogP contribution >= 0.6 is 0 Å². The van der Waals surface area contributed by atoms with Crippen molar-refractivity contribution >= 4 is 47.0 Å². The van der Waals surface area contributed by atoms with E-state index in [1.54, 1.807) is 94.8 Å². The first kappa shape index (κ1) is 95.6. The van der Waals surface area contributed by atoms with E-state index in [-0.39, 0.29) is 60.9 Å². The summed E-state index contributed by atoms with van der Waals surface area (Å²) in [6.07, 6.45) is 16.5. The second-order valence-corrected chi connectivity index (χ2v) is 33.6. The molecule has 4 aliphatic rings. The van der Waals surface area contributed by atoms with E-state index in [1.165, 1.54) is 37.2 Å². The highest BCUT2D eigenvalue weighted by Gasteiger charge is 2.31. The first-order chi connectivity index (χ1) is 69.0. The Labute approximate surface area is 815 Å². The summed E-state index contributed by atoms with van der Waals surface area (Å²) in [5, 5.41) is 0. The van der Waals surface area contributed by atoms with Crippen LogP contribution in [0.25, 0.3) is 67.8 Å². The molecule has 20 rings (SSSR count). The standard InChI is InChI=1S/C28H29N5O3.C27H28N6O3.C27H27N5O2.C25H23F2N7O/c1-35-23-10-8-21(9-11-23)25-20-33(22-6-4-3-5-7-22)27(30-25)19-28(34)32-16-14-31(15-17-32)26-18-24(36-2)12-13-29-26;1-35-22-10-8-20(9-11-22)23-18-33(21-6-4-3-5-7-21)25(30-23)17-27(34)32-14-12-31(13-15-32)24-16-26(36-2)29-19-28-24;1-34-23-12-10-21(11-13-23)24-20-32(22-7-3-2-4-8-22)26(29-24)19-27(33)31-17-15-30(16-18-31)25-9-5-6-14-28-25;1-17-12-18(2-7-21(17)27)22-14-34(20-5-3-19(26)4-6-20)23(31-22)13-24(35)32-8-10-33(11-9-32)25-29-15-28-16-30-25/h3-13,18,20H,14-17,19H2,1-2H3;3-11,16,18-19H,12-15,17H2,1-2H3;2-14,20H,15-19H2,1H3;2-7,12,14-16H,8-11,13H2,1H3. The minimum absolute atomic E-state index is 0.0546. The molecule has 4 saturated heterocycles. The number of amides is 4. The van der Waals surface area contributed by atoms with Crippen molar-refractivity contribution in [3.8, 4) is 96.7 Å². The predicted molar refractivity (Wildman–Crippen MR) is 534 cm³/mol. The van der Waals surface area contributed by atoms with Gasteiger partial charge in [-0.15, -0.1) is 0 Å². The van der Waals surface area contributed by atoms with Gasteiger partial charge in [-0.3, -0.25) is 19.2 Å². The maximum Gasteiger partial charge on any atom is 0.230 e. The molecule has 0 atom stereocenters. The number of imidazole rings is 4. The number of hydrogen-bond donors (Lipinski definition) is 0. The van der Waals surface area contributed by atoms with Gasteiger partial charge in [0.25, 0.3) is 0 Å². The maximum absolute atomic E-state index is 13.8. The molecule has 8 aromatic heterocycles. The minimum Gasteiger partial charge on any atom is -0.497 e. The molecule has 0 saturated carbocycles. The molecule has 4 fully saturated rings. The van der Waals surface area contributed by atoms with Crippen molar-refractivity contribution in [2.75, 3.05) is 160 Å². The molecule has 0 unspecified atom stereocenters. The molecule has 0 radical (unpaired) electrons. The molecule has 16 aromatic rings. The summed E-state index contributed by atoms with van der Waals surface area (Å²) in [7, 11) is 8.18. The highest BCUT2D eigenvalue weighted by Crippen LogP contribution is 2.33. The number of anilines is 4. The van der Waals surface area contributed by atoms with E-state index in [1.807, 2.05) is 252 Å². The maximum atomic E-state index is 13.8. The van der Waals surface area contributed by atoms with Crippen molar-refractivity contribution < 1.29 is 51.6 Å². The molecule has 4 amide bonds. The predicted octanol–water partition coefficient (Wildman–Crippen LogP) is 14.1. The number of carbonyl (C=O) groups excluding carboxylic acids is 4. The van der Waals surface area contributed by atoms with E-state index < -0.39 is 0 Å². The van der Waals surface area contributed by atoms with Crippen LogP contribution in [-0.4, -0.2) is 257 Å². The number of rotatable bonds is 25. The molecular formula is C107H107F2N23O9. The number of nitrogens with zero attached hydrogens (tertiary/aromatic N) is 23. The van der Waals surface area contributed by atoms with Crippen LogP contribution in [0, 0.1) is 18.6 Å². The van der Waals surface area contributed by atoms with E-state index in [4.69, 9.17) is 43.6 Å². The molecule has 0 aliphatic carbocycles. The Morgan fingerprint density at radius 1 is 0.298 bits per heavy atom. The highest BCUT2D eigenvalue weighted by molar-refractivity contribution is 5.82. The van der Waals surface area contributed by atoms with Gasteiger partial charge in [0.1, 0.15) is 94.4 Å². The number of aromatic nitrogens is 15. The third-order valence-corrected chi connectivity index (χ3v) is 24.9. The Hall–Kier alpha value is -17.1. The summed E-state index contributed by atoms with van der Waals surface area (Å²) in [5.74, 6) is 9.09. The Morgan fingerprint density at radius 3 is 1.01 bits per heavy atom. The molecule has 0 N–H and O–H groups in total. The molecule has 0 spiro atoms. The summed E-state index contributed by atoms with van der Waals surface area (Å²) >= 11 is 0. The van der Waals surface area contributed by atoms with E-state index >= 15 is 0 Å². The molecule has 4 aliphatic heterocycles. The van der Waals surface area contributed by atoms with Gasteiger partial charge >= 0.3 is 0 Å². The van der Waals surface area contributed by atoms with Gasteiger partial charge < -0.3 is 81.2 Å². The summed E-state index contributed by atoms with van der Waals surface area (Å²) < 4.78 is 61.5. The fraction of sp³-hybridized carbons (Fsp3) is 0.243. The van der Waals surface area contributed by atoms with Gasteiger partial charge in [0, 0.05) is 199 Å². The van der Waals surface area contributed by atoms with Crippen molar-refractivity contribution in [3.63, 3.8) is 0 Å². The average Bonchev–Trinajstić information content (AvgIpc) is 1.67. The van der Waals surface area contributed by atoms with Gasteiger partial charge in [-0.1, -0.05) is 60.7 Å². The lowest BCUT2D eigenvalue weighted by molar-refractivity contribution is -0.131. The third-order valence-electron chi connectivity index (χ3n) is 24.9. The zero-order chi connectivity index (χ0) is 97.5. The molecule has 32 nitrogen and oxygen atoms in total. The number of hydrogen-bond acceptors (Lipinski definition) is 24. The van der Waals surface area contributed by atoms with Crippen LogP contribution < -0.4 is 43.3 Å². The van der Waals surface area contributed by atoms with Crippen LogP contribution in [0.3, 0.4) is 0 Å². The SMILES string of the molecule is COc1ccc(-c2cn(-c3ccccc3)c(CC(=O)N3CCN(c4cc(OC)ccn4)CC3)n2)cc1.COc1ccc(-c2cn(-c3ccccc3)c(CC(=O)N3CCN(c4cc(OC)ncn4)CC3)n2)cc1.COc1ccc(-c2cn(-c3ccccc3)c(CC(=O)N3CCN(c4ccccn4)CC3)n2)cc1.Cc1cc(-c2cn(-c3ccc(F)cc3)c(CC(=O)N3CCN(c4ncncn4)CC3)n2)ccc1F. The Morgan fingerprint density at radius 2 is 0.645 bits per heavy atom. The van der Waals surface area contributed by atoms with E-state index in [9.17, 15) is 28.0 Å². The van der Waals surface area contributed by atoms with Gasteiger partial charge in [-0.2, -0.15) is 0 Å². The van der Waals surface area contributed by atoms with Crippen LogP contribution in [0.15, 0.2) is 299 Å². The zero-order valence-corrected chi connectivity index (χ0v) is 79.1. The highest BCUT2D eigenvalue weighted by atomic mass is 19.1. The minimum atomic E-state index is -0.350. The van der Waals surface area contributed by atoms with E-state index in [0.717, 1.165) is 129 Å². The number of pyridine rings is 2. The Bertz CT molecular complexity index is 6630. The molecule has 0 bridgehead atoms. The van der Waals surface area contributed by atoms with Crippen molar-refractivity contribution in [1.82, 2.24) is 92.7 Å². The normalized spacial score (nSPS) is 13.6. The number of ether oxygens (including phenoxy) is 5. The summed E-state index contributed by atoms with van der Waals surface area (Å²) in [4.78, 5) is 118. The first-order valence-corrected chi connectivity index (χ1v) is 46.4. The molecule has 8 aromatic carbocycles. The summed E-state index contributed by atoms with van der Waals surface area (Å²) in [5.41, 5.74) is 10.8. The van der Waals surface area contributed by atoms with Gasteiger partial charge in [0.05, 0.1) is 84.0 Å². The monoisotopic (exact) mass is 1900 g/mol. The number of methoxy groups -OCH3 is 5. The van der Waals surface area contributed by atoms with Crippen LogP contribution in [0.1, 0.15) is 28.9 Å². The second kappa shape index (κ2) is 45.7. The fourth-order valence-electron chi connectivity index (χ4n) is 17.0. The smallest absolute Gasteiger partial charge is 0.230 e. The summed E-state index contributed by atoms with van der Waals surface area (Å²) in [6, 6.07) is 75.6. The topological polar surface area (TPSA) is 302 Å². The van der Waals surface area contributed by atoms with Crippen LogP contribution in [0.2, 0.25) is 0 Å². The van der Waals surface area contributed by atoms with Crippen LogP contribution in [-0.2, 0) is 44.9 Å². The Balaban J connectivity index is 0.000000130. The van der Waals surface area contributed by atoms with Crippen molar-refractivity contribution in [3.05, 3.63) is 339 Å². The number of carbonyl (C=O) groups is 4. The van der Waals surface area contributed by atoms with Crippen LogP contribution in [0.5, 0.6) is 28.9 Å². The van der Waals surface area contributed by atoms with Crippen molar-refractivity contribution in [1.29, 1.82) is 0 Å². The average molecular weight is 1900 g/mol. The number of piperazine rings is 4. The van der Waals surface area contributed by atoms with Crippen LogP contribution in [0.4, 0.5) is 32.2 Å². The lowest BCUT2D eigenvalue weighted by Gasteiger charge is -2.35. The quantitative estimate of drug-likeness (QED) is 0.0513. The molecule has 718 valence electrons. The lowest BCUT2D eigenvalue weighted by atomic mass is 10.1. The second-order valence-electron chi connectivity index (χ2n) is 33.6. The molecular weight excluding hydrogens is 1790 g/mol. The summed E-state index contributed by atoms with van der Waals surface area (Å²) in [6.45, 7) is 12.2. The molecule has 34 heteroatoms. The first-order valence-electron chi connectivity index (χ1n) is 46.4. The molecule has 12 heterocycles. The van der Waals surface area contributed by atoms with Crippen molar-refractivity contribution in [2.24, 2.45) is 0 Å². The van der Waals surface area contributed by atoms with Gasteiger partial charge in [0.2, 0.25) is 35.5 Å². The zero-order valence-electron chi connectivity index (χ0n) is 79.1. The Kier molecular flexibility index (Phi) is 31.0. The fourth-order valence-corrected chi connectivity index (χ4v) is 17.0. The number of halogens is 2. The largest absolute Gasteiger partial charge is 0.497 e. The van der Waals surface area contributed by atoms with E-state index in [0.29, 0.717) is 125 Å². The van der Waals surface area contributed by atoms with Gasteiger partial charge in [-0.25, -0.2) is 63.6 Å². The number of para-hydroxylation sites is 3. The van der Waals surface area contributed by atoms with Gasteiger partial charge in [-0.05, 0) is 182 Å². The number of aryl methyl sites for hydroxylation is 1. The molecule has 141 heavy (non-hydrogen) atoms. The van der Waals surface area contributed by atoms with Crippen molar-refractivity contribution in [2.45, 2.75) is 32.6 Å².